The summed E-state index contributed by atoms with van der Waals surface area (Å²) in [5.41, 5.74) is 0. The van der Waals surface area contributed by atoms with Gasteiger partial charge in [0.05, 0.1) is 11.2 Å². The van der Waals surface area contributed by atoms with Crippen LogP contribution in [0.15, 0.2) is 70.2 Å². The Morgan fingerprint density at radius 3 is 2.40 bits per heavy atom. The molecule has 6 heteroatoms. The average Bonchev–Trinajstić information content (AvgIpc) is 3.21. The fraction of sp³-hybridized carbons (Fsp3) is 0.211. The van der Waals surface area contributed by atoms with E-state index in [1.807, 2.05) is 46.8 Å². The fourth-order valence-electron chi connectivity index (χ4n) is 3.04. The summed E-state index contributed by atoms with van der Waals surface area (Å²) in [6.07, 6.45) is 1.50. The fourth-order valence-corrected chi connectivity index (χ4v) is 4.24. The lowest BCUT2D eigenvalue weighted by Crippen LogP contribution is -2.49. The van der Waals surface area contributed by atoms with Gasteiger partial charge in [0.25, 0.3) is 5.91 Å². The van der Waals surface area contributed by atoms with E-state index in [4.69, 9.17) is 4.42 Å². The van der Waals surface area contributed by atoms with E-state index >= 15 is 0 Å². The van der Waals surface area contributed by atoms with Crippen molar-refractivity contribution in [2.24, 2.45) is 0 Å². The summed E-state index contributed by atoms with van der Waals surface area (Å²) in [5, 5.41) is 2.22. The Morgan fingerprint density at radius 2 is 1.68 bits per heavy atom. The van der Waals surface area contributed by atoms with Gasteiger partial charge in [0.2, 0.25) is 0 Å². The third kappa shape index (κ3) is 3.23. The summed E-state index contributed by atoms with van der Waals surface area (Å²) in [5.74, 6) is 0.241. The predicted octanol–water partition coefficient (Wildman–Crippen LogP) is 2.91. The van der Waals surface area contributed by atoms with Crippen LogP contribution in [0.25, 0.3) is 10.8 Å². The minimum atomic E-state index is -1.22. The first-order valence-corrected chi connectivity index (χ1v) is 9.31. The first-order valence-electron chi connectivity index (χ1n) is 8.21. The Labute approximate surface area is 148 Å². The Morgan fingerprint density at radius 1 is 0.920 bits per heavy atom. The van der Waals surface area contributed by atoms with Crippen molar-refractivity contribution in [3.05, 3.63) is 66.6 Å². The molecule has 128 valence electrons. The number of piperazine rings is 1. The zero-order chi connectivity index (χ0) is 17.2. The molecule has 0 aliphatic carbocycles. The van der Waals surface area contributed by atoms with E-state index in [0.717, 1.165) is 15.7 Å². The summed E-state index contributed by atoms with van der Waals surface area (Å²) >= 11 is 0. The zero-order valence-electron chi connectivity index (χ0n) is 13.6. The monoisotopic (exact) mass is 354 g/mol. The maximum absolute atomic E-state index is 12.9. The van der Waals surface area contributed by atoms with Gasteiger partial charge in [-0.15, -0.1) is 0 Å². The van der Waals surface area contributed by atoms with Gasteiger partial charge in [0, 0.05) is 26.2 Å². The summed E-state index contributed by atoms with van der Waals surface area (Å²) in [4.78, 5) is 14.8. The SMILES string of the molecule is O=C(c1ccco1)N1CCN(S(=O)c2ccc3ccccc3c2)CC1. The Balaban J connectivity index is 1.44. The third-order valence-corrected chi connectivity index (χ3v) is 5.91. The highest BCUT2D eigenvalue weighted by Gasteiger charge is 2.26. The van der Waals surface area contributed by atoms with Crippen LogP contribution in [-0.2, 0) is 11.0 Å². The summed E-state index contributed by atoms with van der Waals surface area (Å²) in [7, 11) is -1.22. The zero-order valence-corrected chi connectivity index (χ0v) is 14.4. The highest BCUT2D eigenvalue weighted by molar-refractivity contribution is 7.82. The molecule has 1 fully saturated rings. The van der Waals surface area contributed by atoms with Crippen molar-refractivity contribution in [2.75, 3.05) is 26.2 Å². The molecule has 1 aliphatic heterocycles. The van der Waals surface area contributed by atoms with Crippen molar-refractivity contribution in [1.29, 1.82) is 0 Å². The first kappa shape index (κ1) is 16.1. The molecule has 3 aromatic rings. The quantitative estimate of drug-likeness (QED) is 0.727. The number of hydrogen-bond donors (Lipinski definition) is 0. The van der Waals surface area contributed by atoms with Crippen LogP contribution in [0.1, 0.15) is 10.6 Å². The van der Waals surface area contributed by atoms with Crippen LogP contribution in [-0.4, -0.2) is 45.5 Å². The molecule has 0 saturated carbocycles. The van der Waals surface area contributed by atoms with Gasteiger partial charge in [-0.1, -0.05) is 30.3 Å². The second-order valence-corrected chi connectivity index (χ2v) is 7.44. The van der Waals surface area contributed by atoms with Crippen LogP contribution in [0, 0.1) is 0 Å². The molecule has 5 nitrogen and oxygen atoms in total. The molecule has 1 saturated heterocycles. The lowest BCUT2D eigenvalue weighted by molar-refractivity contribution is 0.0669. The van der Waals surface area contributed by atoms with Crippen LogP contribution < -0.4 is 0 Å². The Hall–Kier alpha value is -2.44. The van der Waals surface area contributed by atoms with Crippen molar-refractivity contribution < 1.29 is 13.4 Å². The summed E-state index contributed by atoms with van der Waals surface area (Å²) in [6.45, 7) is 2.23. The van der Waals surface area contributed by atoms with Crippen LogP contribution in [0.2, 0.25) is 0 Å². The molecule has 1 atom stereocenters. The van der Waals surface area contributed by atoms with Crippen molar-refractivity contribution in [3.63, 3.8) is 0 Å². The molecule has 1 aromatic heterocycles. The van der Waals surface area contributed by atoms with Gasteiger partial charge < -0.3 is 9.32 Å². The van der Waals surface area contributed by atoms with Crippen LogP contribution in [0.4, 0.5) is 0 Å². The van der Waals surface area contributed by atoms with Crippen molar-refractivity contribution in [1.82, 2.24) is 9.21 Å². The number of hydrogen-bond acceptors (Lipinski definition) is 3. The molecule has 1 aliphatic rings. The molecule has 2 aromatic carbocycles. The molecular formula is C19H18N2O3S. The lowest BCUT2D eigenvalue weighted by atomic mass is 10.1. The Kier molecular flexibility index (Phi) is 4.38. The van der Waals surface area contributed by atoms with E-state index in [2.05, 4.69) is 0 Å². The second kappa shape index (κ2) is 6.82. The number of furan rings is 1. The minimum absolute atomic E-state index is 0.110. The van der Waals surface area contributed by atoms with E-state index in [1.54, 1.807) is 17.0 Å². The predicted molar refractivity (Wildman–Crippen MR) is 96.5 cm³/mol. The average molecular weight is 354 g/mol. The van der Waals surface area contributed by atoms with Gasteiger partial charge in [-0.25, -0.2) is 8.51 Å². The topological polar surface area (TPSA) is 53.8 Å². The highest BCUT2D eigenvalue weighted by atomic mass is 32.2. The van der Waals surface area contributed by atoms with Crippen LogP contribution >= 0.6 is 0 Å². The minimum Gasteiger partial charge on any atom is -0.459 e. The van der Waals surface area contributed by atoms with Gasteiger partial charge in [-0.05, 0) is 35.0 Å². The van der Waals surface area contributed by atoms with Crippen molar-refractivity contribution >= 4 is 27.7 Å². The van der Waals surface area contributed by atoms with Gasteiger partial charge in [-0.2, -0.15) is 0 Å². The smallest absolute Gasteiger partial charge is 0.289 e. The number of fused-ring (bicyclic) bond motifs is 1. The van der Waals surface area contributed by atoms with Crippen LogP contribution in [0.3, 0.4) is 0 Å². The maximum Gasteiger partial charge on any atom is 0.289 e. The maximum atomic E-state index is 12.9. The van der Waals surface area contributed by atoms with Gasteiger partial charge >= 0.3 is 0 Å². The van der Waals surface area contributed by atoms with Crippen molar-refractivity contribution in [3.8, 4) is 0 Å². The molecule has 0 N–H and O–H groups in total. The number of nitrogens with zero attached hydrogens (tertiary/aromatic N) is 2. The molecule has 2 heterocycles. The molecule has 25 heavy (non-hydrogen) atoms. The molecule has 0 radical (unpaired) electrons. The van der Waals surface area contributed by atoms with Crippen molar-refractivity contribution in [2.45, 2.75) is 4.90 Å². The number of carbonyl (C=O) groups excluding carboxylic acids is 1. The number of rotatable bonds is 3. The number of carbonyl (C=O) groups is 1. The van der Waals surface area contributed by atoms with E-state index in [-0.39, 0.29) is 5.91 Å². The summed E-state index contributed by atoms with van der Waals surface area (Å²) in [6, 6.07) is 17.3. The van der Waals surface area contributed by atoms with E-state index in [9.17, 15) is 9.00 Å². The van der Waals surface area contributed by atoms with Gasteiger partial charge in [0.1, 0.15) is 11.0 Å². The van der Waals surface area contributed by atoms with E-state index in [0.29, 0.717) is 31.9 Å². The second-order valence-electron chi connectivity index (χ2n) is 5.96. The number of amides is 1. The molecular weight excluding hydrogens is 336 g/mol. The normalized spacial score (nSPS) is 16.9. The van der Waals surface area contributed by atoms with E-state index in [1.165, 1.54) is 6.26 Å². The highest BCUT2D eigenvalue weighted by Crippen LogP contribution is 2.20. The molecule has 1 unspecified atom stereocenters. The van der Waals surface area contributed by atoms with Gasteiger partial charge in [0.15, 0.2) is 5.76 Å². The van der Waals surface area contributed by atoms with E-state index < -0.39 is 11.0 Å². The standard InChI is InChI=1S/C19H18N2O3S/c22-19(18-6-3-13-24-18)20-9-11-21(12-10-20)25(23)17-8-7-15-4-1-2-5-16(15)14-17/h1-8,13-14H,9-12H2. The third-order valence-electron chi connectivity index (χ3n) is 4.41. The molecule has 4 rings (SSSR count). The largest absolute Gasteiger partial charge is 0.459 e. The summed E-state index contributed by atoms with van der Waals surface area (Å²) < 4.78 is 19.9. The molecule has 0 bridgehead atoms. The van der Waals surface area contributed by atoms with Gasteiger partial charge in [-0.3, -0.25) is 4.79 Å². The lowest BCUT2D eigenvalue weighted by Gasteiger charge is -2.33. The van der Waals surface area contributed by atoms with Crippen LogP contribution in [0.5, 0.6) is 0 Å². The Bertz CT molecular complexity index is 915. The number of benzene rings is 2. The molecule has 0 spiro atoms. The molecule has 1 amide bonds. The first-order chi connectivity index (χ1) is 12.2.